The summed E-state index contributed by atoms with van der Waals surface area (Å²) in [7, 11) is 3.82. The van der Waals surface area contributed by atoms with Crippen LogP contribution in [0.2, 0.25) is 0 Å². The predicted molar refractivity (Wildman–Crippen MR) is 72.5 cm³/mol. The summed E-state index contributed by atoms with van der Waals surface area (Å²) < 4.78 is 0. The Hall–Kier alpha value is -1.83. The minimum atomic E-state index is -1.44. The van der Waals surface area contributed by atoms with Gasteiger partial charge in [-0.3, -0.25) is 4.79 Å². The zero-order valence-corrected chi connectivity index (χ0v) is 12.3. The Morgan fingerprint density at radius 2 is 1.75 bits per heavy atom. The molecule has 1 unspecified atom stereocenters. The summed E-state index contributed by atoms with van der Waals surface area (Å²) in [5.74, 6) is -2.67. The van der Waals surface area contributed by atoms with Gasteiger partial charge in [-0.2, -0.15) is 0 Å². The van der Waals surface area contributed by atoms with Crippen molar-refractivity contribution in [1.82, 2.24) is 15.5 Å². The molecule has 0 aromatic carbocycles. The summed E-state index contributed by atoms with van der Waals surface area (Å²) in [6.45, 7) is 5.00. The van der Waals surface area contributed by atoms with E-state index in [-0.39, 0.29) is 5.41 Å². The van der Waals surface area contributed by atoms with E-state index in [2.05, 4.69) is 10.6 Å². The van der Waals surface area contributed by atoms with Crippen molar-refractivity contribution in [3.63, 3.8) is 0 Å². The molecule has 8 nitrogen and oxygen atoms in total. The number of carbonyl (C=O) groups is 3. The molecule has 0 saturated heterocycles. The second-order valence-electron chi connectivity index (χ2n) is 5.72. The highest BCUT2D eigenvalue weighted by molar-refractivity contribution is 5.86. The fraction of sp³-hybridized carbons (Fsp3) is 0.750. The largest absolute Gasteiger partial charge is 0.481 e. The number of hydrogen-bond acceptors (Lipinski definition) is 4. The fourth-order valence-electron chi connectivity index (χ4n) is 1.82. The molecule has 0 heterocycles. The van der Waals surface area contributed by atoms with Gasteiger partial charge in [0.15, 0.2) is 0 Å². The molecule has 0 fully saturated rings. The third kappa shape index (κ3) is 8.30. The smallest absolute Gasteiger partial charge is 0.326 e. The molecule has 4 N–H and O–H groups in total. The van der Waals surface area contributed by atoms with Crippen LogP contribution >= 0.6 is 0 Å². The maximum Gasteiger partial charge on any atom is 0.326 e. The van der Waals surface area contributed by atoms with Crippen LogP contribution in [0, 0.1) is 5.41 Å². The van der Waals surface area contributed by atoms with Gasteiger partial charge in [-0.25, -0.2) is 9.59 Å². The van der Waals surface area contributed by atoms with Gasteiger partial charge in [0.2, 0.25) is 0 Å². The van der Waals surface area contributed by atoms with E-state index in [9.17, 15) is 14.4 Å². The predicted octanol–water partition coefficient (Wildman–Crippen LogP) is -0.199. The molecule has 0 aromatic rings. The molecule has 0 aliphatic heterocycles. The number of carboxylic acids is 2. The molecule has 2 amide bonds. The molecule has 0 aliphatic carbocycles. The van der Waals surface area contributed by atoms with Crippen LogP contribution < -0.4 is 10.6 Å². The number of nitrogens with zero attached hydrogens (tertiary/aromatic N) is 1. The van der Waals surface area contributed by atoms with Gasteiger partial charge in [-0.05, 0) is 19.5 Å². The van der Waals surface area contributed by atoms with E-state index < -0.39 is 30.4 Å². The maximum absolute atomic E-state index is 11.6. The van der Waals surface area contributed by atoms with Crippen molar-refractivity contribution in [2.75, 3.05) is 27.2 Å². The first-order valence-corrected chi connectivity index (χ1v) is 6.17. The van der Waals surface area contributed by atoms with Crippen LogP contribution in [-0.2, 0) is 9.59 Å². The Balaban J connectivity index is 4.33. The van der Waals surface area contributed by atoms with E-state index >= 15 is 0 Å². The average molecular weight is 289 g/mol. The molecule has 20 heavy (non-hydrogen) atoms. The number of carboxylic acid groups (broad SMARTS) is 2. The molecule has 0 radical (unpaired) electrons. The number of amides is 2. The van der Waals surface area contributed by atoms with Gasteiger partial charge in [-0.15, -0.1) is 0 Å². The number of carbonyl (C=O) groups excluding carboxylic acids is 1. The molecular formula is C12H23N3O5. The van der Waals surface area contributed by atoms with Gasteiger partial charge < -0.3 is 25.7 Å². The summed E-state index contributed by atoms with van der Waals surface area (Å²) in [5, 5.41) is 22.1. The molecule has 0 bridgehead atoms. The van der Waals surface area contributed by atoms with E-state index in [0.29, 0.717) is 6.54 Å². The molecule has 0 spiro atoms. The first kappa shape index (κ1) is 18.2. The molecule has 1 atom stereocenters. The molecule has 8 heteroatoms. The van der Waals surface area contributed by atoms with Crippen LogP contribution in [0.4, 0.5) is 4.79 Å². The van der Waals surface area contributed by atoms with E-state index in [1.165, 1.54) is 0 Å². The Morgan fingerprint density at radius 1 is 1.20 bits per heavy atom. The van der Waals surface area contributed by atoms with Crippen LogP contribution in [0.25, 0.3) is 0 Å². The fourth-order valence-corrected chi connectivity index (χ4v) is 1.82. The minimum absolute atomic E-state index is 0.188. The van der Waals surface area contributed by atoms with Crippen molar-refractivity contribution in [1.29, 1.82) is 0 Å². The van der Waals surface area contributed by atoms with Gasteiger partial charge in [0.25, 0.3) is 0 Å². The highest BCUT2D eigenvalue weighted by atomic mass is 16.4. The van der Waals surface area contributed by atoms with Crippen LogP contribution in [0.15, 0.2) is 0 Å². The second kappa shape index (κ2) is 7.68. The number of nitrogens with one attached hydrogen (secondary N) is 2. The Morgan fingerprint density at radius 3 is 2.15 bits per heavy atom. The minimum Gasteiger partial charge on any atom is -0.481 e. The molecule has 116 valence electrons. The maximum atomic E-state index is 11.6. The van der Waals surface area contributed by atoms with Gasteiger partial charge >= 0.3 is 18.0 Å². The lowest BCUT2D eigenvalue weighted by atomic mass is 9.93. The summed E-state index contributed by atoms with van der Waals surface area (Å²) >= 11 is 0. The third-order valence-corrected chi connectivity index (χ3v) is 2.45. The van der Waals surface area contributed by atoms with E-state index in [0.717, 1.165) is 6.54 Å². The molecule has 0 saturated carbocycles. The lowest BCUT2D eigenvalue weighted by Crippen LogP contribution is -2.49. The van der Waals surface area contributed by atoms with Crippen molar-refractivity contribution in [2.24, 2.45) is 5.41 Å². The summed E-state index contributed by atoms with van der Waals surface area (Å²) in [5.41, 5.74) is -0.188. The quantitative estimate of drug-likeness (QED) is 0.491. The Labute approximate surface area is 118 Å². The van der Waals surface area contributed by atoms with Crippen LogP contribution in [0.3, 0.4) is 0 Å². The lowest BCUT2D eigenvalue weighted by Gasteiger charge is -2.28. The molecule has 0 aliphatic rings. The SMILES string of the molecule is CN(C)CC(C)(C)CNC(=O)NC(CC(=O)O)C(=O)O. The first-order valence-electron chi connectivity index (χ1n) is 6.17. The number of hydrogen-bond donors (Lipinski definition) is 4. The van der Waals surface area contributed by atoms with Crippen LogP contribution in [-0.4, -0.2) is 66.3 Å². The summed E-state index contributed by atoms with van der Waals surface area (Å²) in [6, 6.07) is -2.13. The number of urea groups is 1. The topological polar surface area (TPSA) is 119 Å². The van der Waals surface area contributed by atoms with E-state index in [1.54, 1.807) is 0 Å². The highest BCUT2D eigenvalue weighted by Crippen LogP contribution is 2.13. The standard InChI is InChI=1S/C12H23N3O5/c1-12(2,7-15(3)4)6-13-11(20)14-8(10(18)19)5-9(16)17/h8H,5-7H2,1-4H3,(H,16,17)(H,18,19)(H2,13,14,20). The normalized spacial score (nSPS) is 12.8. The zero-order chi connectivity index (χ0) is 15.9. The van der Waals surface area contributed by atoms with E-state index in [4.69, 9.17) is 10.2 Å². The molecule has 0 rings (SSSR count). The van der Waals surface area contributed by atoms with Gasteiger partial charge in [0.1, 0.15) is 6.04 Å². The lowest BCUT2D eigenvalue weighted by molar-refractivity contribution is -0.145. The first-order chi connectivity index (χ1) is 9.03. The van der Waals surface area contributed by atoms with Gasteiger partial charge in [0, 0.05) is 13.1 Å². The summed E-state index contributed by atoms with van der Waals surface area (Å²) in [6.07, 6.45) is -0.663. The van der Waals surface area contributed by atoms with Gasteiger partial charge in [-0.1, -0.05) is 13.8 Å². The van der Waals surface area contributed by atoms with Crippen molar-refractivity contribution in [2.45, 2.75) is 26.3 Å². The zero-order valence-electron chi connectivity index (χ0n) is 12.3. The summed E-state index contributed by atoms with van der Waals surface area (Å²) in [4.78, 5) is 34.9. The monoisotopic (exact) mass is 289 g/mol. The number of aliphatic carboxylic acids is 2. The highest BCUT2D eigenvalue weighted by Gasteiger charge is 2.24. The van der Waals surface area contributed by atoms with Crippen molar-refractivity contribution in [3.8, 4) is 0 Å². The van der Waals surface area contributed by atoms with Crippen LogP contribution in [0.5, 0.6) is 0 Å². The average Bonchev–Trinajstić information content (AvgIpc) is 2.23. The van der Waals surface area contributed by atoms with Crippen molar-refractivity contribution < 1.29 is 24.6 Å². The molecule has 0 aromatic heterocycles. The Kier molecular flexibility index (Phi) is 6.98. The second-order valence-corrected chi connectivity index (χ2v) is 5.72. The molecular weight excluding hydrogens is 266 g/mol. The Bertz CT molecular complexity index is 368. The van der Waals surface area contributed by atoms with Gasteiger partial charge in [0.05, 0.1) is 6.42 Å². The third-order valence-electron chi connectivity index (χ3n) is 2.45. The van der Waals surface area contributed by atoms with E-state index in [1.807, 2.05) is 32.8 Å². The van der Waals surface area contributed by atoms with Crippen LogP contribution in [0.1, 0.15) is 20.3 Å². The number of rotatable bonds is 8. The van der Waals surface area contributed by atoms with Crippen molar-refractivity contribution in [3.05, 3.63) is 0 Å². The van der Waals surface area contributed by atoms with Crippen molar-refractivity contribution >= 4 is 18.0 Å².